The molecule has 0 aliphatic carbocycles. The van der Waals surface area contributed by atoms with Gasteiger partial charge in [0.25, 0.3) is 5.56 Å². The van der Waals surface area contributed by atoms with Crippen molar-refractivity contribution in [3.63, 3.8) is 0 Å². The molecule has 3 aromatic rings. The van der Waals surface area contributed by atoms with Crippen molar-refractivity contribution in [1.29, 1.82) is 0 Å². The van der Waals surface area contributed by atoms with Crippen LogP contribution in [0.3, 0.4) is 0 Å². The van der Waals surface area contributed by atoms with Gasteiger partial charge in [-0.2, -0.15) is 0 Å². The summed E-state index contributed by atoms with van der Waals surface area (Å²) >= 11 is 0. The number of hydrogen-bond donors (Lipinski definition) is 3. The van der Waals surface area contributed by atoms with Crippen molar-refractivity contribution in [2.45, 2.75) is 6.42 Å². The van der Waals surface area contributed by atoms with Gasteiger partial charge in [0.15, 0.2) is 0 Å². The Bertz CT molecular complexity index is 813. The van der Waals surface area contributed by atoms with E-state index in [0.29, 0.717) is 16.6 Å². The summed E-state index contributed by atoms with van der Waals surface area (Å²) in [6, 6.07) is 7.38. The van der Waals surface area contributed by atoms with E-state index in [2.05, 4.69) is 20.3 Å². The number of fused-ring (bicyclic) bond motifs is 1. The van der Waals surface area contributed by atoms with Crippen LogP contribution >= 0.6 is 0 Å². The maximum atomic E-state index is 11.7. The van der Waals surface area contributed by atoms with Gasteiger partial charge >= 0.3 is 0 Å². The number of nitrogens with zero attached hydrogens (tertiary/aromatic N) is 2. The van der Waals surface area contributed by atoms with E-state index in [0.717, 1.165) is 24.2 Å². The molecule has 2 heterocycles. The van der Waals surface area contributed by atoms with Crippen LogP contribution in [-0.2, 0) is 6.42 Å². The molecule has 3 rings (SSSR count). The maximum Gasteiger partial charge on any atom is 0.258 e. The fourth-order valence-corrected chi connectivity index (χ4v) is 2.17. The van der Waals surface area contributed by atoms with Crippen LogP contribution in [0.15, 0.2) is 47.8 Å². The summed E-state index contributed by atoms with van der Waals surface area (Å²) in [4.78, 5) is 22.4. The molecule has 6 heteroatoms. The molecule has 2 aromatic heterocycles. The minimum absolute atomic E-state index is 0.186. The standard InChI is InChI=1S/C15H15N5O/c16-12-6-11-13(19-9-20-15(11)21)7-14(12)18-5-3-10-2-1-4-17-8-10/h1-2,4,6-9,18H,3,5,16H2,(H,19,20,21). The largest absolute Gasteiger partial charge is 0.397 e. The lowest BCUT2D eigenvalue weighted by atomic mass is 10.1. The van der Waals surface area contributed by atoms with Crippen LogP contribution in [0.25, 0.3) is 10.9 Å². The predicted molar refractivity (Wildman–Crippen MR) is 83.2 cm³/mol. The molecule has 6 nitrogen and oxygen atoms in total. The second-order valence-electron chi connectivity index (χ2n) is 4.73. The molecule has 0 saturated carbocycles. The van der Waals surface area contributed by atoms with E-state index in [1.54, 1.807) is 18.3 Å². The first kappa shape index (κ1) is 13.1. The average Bonchev–Trinajstić information content (AvgIpc) is 2.50. The first-order chi connectivity index (χ1) is 10.2. The first-order valence-corrected chi connectivity index (χ1v) is 6.64. The third-order valence-corrected chi connectivity index (χ3v) is 3.26. The molecule has 4 N–H and O–H groups in total. The smallest absolute Gasteiger partial charge is 0.258 e. The molecule has 0 fully saturated rings. The summed E-state index contributed by atoms with van der Waals surface area (Å²) in [5.74, 6) is 0. The van der Waals surface area contributed by atoms with Crippen molar-refractivity contribution >= 4 is 22.3 Å². The van der Waals surface area contributed by atoms with E-state index in [1.165, 1.54) is 6.33 Å². The van der Waals surface area contributed by atoms with Crippen LogP contribution in [-0.4, -0.2) is 21.5 Å². The molecule has 106 valence electrons. The number of H-pyrrole nitrogens is 1. The summed E-state index contributed by atoms with van der Waals surface area (Å²) in [5, 5.41) is 3.76. The number of aromatic nitrogens is 3. The minimum Gasteiger partial charge on any atom is -0.397 e. The Hall–Kier alpha value is -2.89. The molecular weight excluding hydrogens is 266 g/mol. The lowest BCUT2D eigenvalue weighted by Gasteiger charge is -2.10. The highest BCUT2D eigenvalue weighted by Gasteiger charge is 2.05. The van der Waals surface area contributed by atoms with Gasteiger partial charge in [0.1, 0.15) is 0 Å². The molecule has 0 aliphatic heterocycles. The number of nitrogens with one attached hydrogen (secondary N) is 2. The Morgan fingerprint density at radius 1 is 1.33 bits per heavy atom. The van der Waals surface area contributed by atoms with Crippen LogP contribution < -0.4 is 16.6 Å². The summed E-state index contributed by atoms with van der Waals surface area (Å²) < 4.78 is 0. The van der Waals surface area contributed by atoms with Crippen LogP contribution in [0.5, 0.6) is 0 Å². The first-order valence-electron chi connectivity index (χ1n) is 6.64. The Kier molecular flexibility index (Phi) is 3.51. The number of nitrogen functional groups attached to an aromatic ring is 1. The molecule has 0 spiro atoms. The second kappa shape index (κ2) is 5.62. The molecule has 0 saturated heterocycles. The molecule has 0 aliphatic rings. The van der Waals surface area contributed by atoms with Crippen molar-refractivity contribution in [2.75, 3.05) is 17.6 Å². The third kappa shape index (κ3) is 2.84. The number of anilines is 2. The molecule has 21 heavy (non-hydrogen) atoms. The average molecular weight is 281 g/mol. The van der Waals surface area contributed by atoms with Gasteiger partial charge in [-0.25, -0.2) is 4.98 Å². The van der Waals surface area contributed by atoms with Gasteiger partial charge in [0.05, 0.1) is 28.6 Å². The van der Waals surface area contributed by atoms with Crippen molar-refractivity contribution in [1.82, 2.24) is 15.0 Å². The molecule has 0 radical (unpaired) electrons. The summed E-state index contributed by atoms with van der Waals surface area (Å²) in [6.45, 7) is 0.727. The lowest BCUT2D eigenvalue weighted by molar-refractivity contribution is 1.01. The zero-order chi connectivity index (χ0) is 14.7. The SMILES string of the molecule is Nc1cc2c(=O)[nH]cnc2cc1NCCc1cccnc1. The molecule has 0 bridgehead atoms. The maximum absolute atomic E-state index is 11.7. The number of hydrogen-bond acceptors (Lipinski definition) is 5. The lowest BCUT2D eigenvalue weighted by Crippen LogP contribution is -2.10. The Balaban J connectivity index is 1.78. The quantitative estimate of drug-likeness (QED) is 0.630. The summed E-state index contributed by atoms with van der Waals surface area (Å²) in [5.41, 5.74) is 8.88. The fraction of sp³-hybridized carbons (Fsp3) is 0.133. The highest BCUT2D eigenvalue weighted by molar-refractivity contribution is 5.88. The number of benzene rings is 1. The topological polar surface area (TPSA) is 96.7 Å². The van der Waals surface area contributed by atoms with E-state index in [1.807, 2.05) is 18.3 Å². The van der Waals surface area contributed by atoms with Crippen LogP contribution in [0.2, 0.25) is 0 Å². The second-order valence-corrected chi connectivity index (χ2v) is 4.73. The third-order valence-electron chi connectivity index (χ3n) is 3.26. The highest BCUT2D eigenvalue weighted by Crippen LogP contribution is 2.22. The Morgan fingerprint density at radius 2 is 2.24 bits per heavy atom. The zero-order valence-corrected chi connectivity index (χ0v) is 11.3. The van der Waals surface area contributed by atoms with E-state index >= 15 is 0 Å². The van der Waals surface area contributed by atoms with Crippen molar-refractivity contribution in [2.24, 2.45) is 0 Å². The van der Waals surface area contributed by atoms with Crippen molar-refractivity contribution in [3.05, 3.63) is 58.9 Å². The van der Waals surface area contributed by atoms with Gasteiger partial charge in [0, 0.05) is 18.9 Å². The van der Waals surface area contributed by atoms with Crippen molar-refractivity contribution in [3.8, 4) is 0 Å². The van der Waals surface area contributed by atoms with E-state index in [9.17, 15) is 4.79 Å². The number of aromatic amines is 1. The summed E-state index contributed by atoms with van der Waals surface area (Å²) in [7, 11) is 0. The van der Waals surface area contributed by atoms with Gasteiger partial charge in [-0.05, 0) is 30.2 Å². The Morgan fingerprint density at radius 3 is 3.05 bits per heavy atom. The number of rotatable bonds is 4. The molecule has 1 aromatic carbocycles. The highest BCUT2D eigenvalue weighted by atomic mass is 16.1. The van der Waals surface area contributed by atoms with Crippen LogP contribution in [0, 0.1) is 0 Å². The summed E-state index contributed by atoms with van der Waals surface area (Å²) in [6.07, 6.45) is 5.82. The Labute approximate surface area is 121 Å². The van der Waals surface area contributed by atoms with Crippen LogP contribution in [0.1, 0.15) is 5.56 Å². The number of pyridine rings is 1. The van der Waals surface area contributed by atoms with Gasteiger partial charge in [-0.1, -0.05) is 6.07 Å². The monoisotopic (exact) mass is 281 g/mol. The van der Waals surface area contributed by atoms with Gasteiger partial charge in [0.2, 0.25) is 0 Å². The van der Waals surface area contributed by atoms with Gasteiger partial charge in [-0.3, -0.25) is 9.78 Å². The normalized spacial score (nSPS) is 10.7. The van der Waals surface area contributed by atoms with E-state index < -0.39 is 0 Å². The minimum atomic E-state index is -0.186. The molecule has 0 unspecified atom stereocenters. The molecule has 0 amide bonds. The predicted octanol–water partition coefficient (Wildman–Crippen LogP) is 1.55. The fourth-order valence-electron chi connectivity index (χ4n) is 2.17. The van der Waals surface area contributed by atoms with Crippen molar-refractivity contribution < 1.29 is 0 Å². The van der Waals surface area contributed by atoms with Gasteiger partial charge < -0.3 is 16.0 Å². The zero-order valence-electron chi connectivity index (χ0n) is 11.3. The molecular formula is C15H15N5O. The van der Waals surface area contributed by atoms with Crippen LogP contribution in [0.4, 0.5) is 11.4 Å². The number of nitrogens with two attached hydrogens (primary N) is 1. The van der Waals surface area contributed by atoms with E-state index in [4.69, 9.17) is 5.73 Å². The van der Waals surface area contributed by atoms with E-state index in [-0.39, 0.29) is 5.56 Å². The van der Waals surface area contributed by atoms with Gasteiger partial charge in [-0.15, -0.1) is 0 Å². The molecule has 0 atom stereocenters.